The van der Waals surface area contributed by atoms with Gasteiger partial charge in [0.15, 0.2) is 11.4 Å². The van der Waals surface area contributed by atoms with Crippen molar-refractivity contribution in [1.29, 1.82) is 0 Å². The van der Waals surface area contributed by atoms with Crippen LogP contribution in [0, 0.1) is 17.6 Å². The van der Waals surface area contributed by atoms with Gasteiger partial charge in [0.1, 0.15) is 23.0 Å². The number of imidazole rings is 1. The molecule has 1 aliphatic carbocycles. The van der Waals surface area contributed by atoms with Crippen LogP contribution in [0.3, 0.4) is 0 Å². The predicted octanol–water partition coefficient (Wildman–Crippen LogP) is 5.60. The molecule has 4 aromatic heterocycles. The number of halogens is 2. The number of hydrogen-bond donors (Lipinski definition) is 1. The number of hydrogen-bond acceptors (Lipinski definition) is 6. The second kappa shape index (κ2) is 11.9. The maximum absolute atomic E-state index is 14.4. The molecule has 1 saturated carbocycles. The Kier molecular flexibility index (Phi) is 7.61. The van der Waals surface area contributed by atoms with Gasteiger partial charge in [-0.1, -0.05) is 36.4 Å². The Morgan fingerprint density at radius 2 is 1.67 bits per heavy atom. The molecule has 4 heterocycles. The van der Waals surface area contributed by atoms with Gasteiger partial charge in [-0.15, -0.1) is 0 Å². The van der Waals surface area contributed by atoms with E-state index < -0.39 is 28.9 Å². The normalized spacial score (nSPS) is 16.7. The lowest BCUT2D eigenvalue weighted by Crippen LogP contribution is -2.43. The third-order valence-corrected chi connectivity index (χ3v) is 8.88. The van der Waals surface area contributed by atoms with Crippen LogP contribution in [0.5, 0.6) is 0 Å². The molecule has 1 aliphatic rings. The second-order valence-electron chi connectivity index (χ2n) is 11.8. The highest BCUT2D eigenvalue weighted by atomic mass is 19.1. The van der Waals surface area contributed by atoms with E-state index >= 15 is 0 Å². The van der Waals surface area contributed by atoms with Crippen molar-refractivity contribution >= 4 is 22.5 Å². The number of nitrogens with zero attached hydrogens (tertiary/aromatic N) is 5. The number of ketones is 1. The van der Waals surface area contributed by atoms with Crippen molar-refractivity contribution in [1.82, 2.24) is 23.5 Å². The van der Waals surface area contributed by atoms with Crippen molar-refractivity contribution in [2.45, 2.75) is 44.7 Å². The highest BCUT2D eigenvalue weighted by Gasteiger charge is 2.29. The number of Topliss-reactive ketones (excluding diaryl/α,β-unsaturated/α-hetero) is 1. The second-order valence-corrected chi connectivity index (χ2v) is 11.8. The Balaban J connectivity index is 1.19. The van der Waals surface area contributed by atoms with E-state index in [1.165, 1.54) is 38.1 Å². The summed E-state index contributed by atoms with van der Waals surface area (Å²) in [5.41, 5.74) is 8.70. The van der Waals surface area contributed by atoms with Gasteiger partial charge in [-0.05, 0) is 78.6 Å². The minimum atomic E-state index is -0.674. The minimum absolute atomic E-state index is 0.0119. The van der Waals surface area contributed by atoms with Crippen LogP contribution in [-0.4, -0.2) is 29.3 Å². The van der Waals surface area contributed by atoms with Crippen LogP contribution in [0.25, 0.3) is 33.5 Å². The minimum Gasteiger partial charge on any atom is -0.326 e. The molecule has 232 valence electrons. The van der Waals surface area contributed by atoms with E-state index in [1.807, 2.05) is 42.5 Å². The van der Waals surface area contributed by atoms with Crippen LogP contribution in [-0.2, 0) is 6.54 Å². The highest BCUT2D eigenvalue weighted by Crippen LogP contribution is 2.34. The predicted molar refractivity (Wildman–Crippen MR) is 170 cm³/mol. The molecule has 0 saturated heterocycles. The van der Waals surface area contributed by atoms with Crippen molar-refractivity contribution in [3.63, 3.8) is 0 Å². The number of fused-ring (bicyclic) bond motifs is 2. The van der Waals surface area contributed by atoms with Crippen molar-refractivity contribution in [2.24, 2.45) is 11.7 Å². The van der Waals surface area contributed by atoms with Crippen molar-refractivity contribution < 1.29 is 13.6 Å². The molecular weight excluding hydrogens is 590 g/mol. The molecule has 0 spiro atoms. The molecule has 2 N–H and O–H groups in total. The zero-order valence-corrected chi connectivity index (χ0v) is 24.8. The molecule has 46 heavy (non-hydrogen) atoms. The lowest BCUT2D eigenvalue weighted by Gasteiger charge is -2.29. The average molecular weight is 621 g/mol. The quantitative estimate of drug-likeness (QED) is 0.232. The van der Waals surface area contributed by atoms with E-state index in [1.54, 1.807) is 6.07 Å². The number of carbonyl (C=O) groups is 1. The molecule has 0 atom stereocenters. The Morgan fingerprint density at radius 1 is 0.891 bits per heavy atom. The fourth-order valence-corrected chi connectivity index (χ4v) is 6.47. The summed E-state index contributed by atoms with van der Waals surface area (Å²) < 4.78 is 32.1. The molecule has 7 rings (SSSR count). The monoisotopic (exact) mass is 620 g/mol. The molecule has 0 unspecified atom stereocenters. The molecule has 6 aromatic rings. The Morgan fingerprint density at radius 3 is 2.43 bits per heavy atom. The van der Waals surface area contributed by atoms with Gasteiger partial charge in [0.05, 0.1) is 17.3 Å². The van der Waals surface area contributed by atoms with E-state index in [9.17, 15) is 23.2 Å². The summed E-state index contributed by atoms with van der Waals surface area (Å²) >= 11 is 0. The average Bonchev–Trinajstić information content (AvgIpc) is 3.50. The summed E-state index contributed by atoms with van der Waals surface area (Å²) in [4.78, 5) is 49.4. The van der Waals surface area contributed by atoms with Gasteiger partial charge in [0.2, 0.25) is 0 Å². The molecular formula is C35H30F2N6O3. The van der Waals surface area contributed by atoms with Crippen molar-refractivity contribution in [2.75, 3.05) is 0 Å². The first-order valence-electron chi connectivity index (χ1n) is 15.2. The summed E-state index contributed by atoms with van der Waals surface area (Å²) in [6.45, 7) is 0.424. The van der Waals surface area contributed by atoms with Crippen LogP contribution < -0.4 is 17.0 Å². The topological polar surface area (TPSA) is 117 Å². The summed E-state index contributed by atoms with van der Waals surface area (Å²) in [5.74, 6) is -1.21. The van der Waals surface area contributed by atoms with E-state index in [-0.39, 0.29) is 34.8 Å². The first kappa shape index (κ1) is 29.4. The summed E-state index contributed by atoms with van der Waals surface area (Å²) in [7, 11) is 0. The zero-order chi connectivity index (χ0) is 31.9. The van der Waals surface area contributed by atoms with Gasteiger partial charge in [-0.3, -0.25) is 14.2 Å². The number of pyridine rings is 2. The van der Waals surface area contributed by atoms with Crippen LogP contribution in [0.2, 0.25) is 0 Å². The number of benzene rings is 2. The lowest BCUT2D eigenvalue weighted by atomic mass is 9.82. The number of rotatable bonds is 7. The molecule has 9 nitrogen and oxygen atoms in total. The van der Waals surface area contributed by atoms with Crippen LogP contribution >= 0.6 is 0 Å². The van der Waals surface area contributed by atoms with Crippen LogP contribution in [0.1, 0.15) is 54.2 Å². The zero-order valence-electron chi connectivity index (χ0n) is 24.8. The van der Waals surface area contributed by atoms with Gasteiger partial charge in [0, 0.05) is 31.4 Å². The van der Waals surface area contributed by atoms with E-state index in [4.69, 9.17) is 5.73 Å². The Bertz CT molecular complexity index is 2230. The van der Waals surface area contributed by atoms with Gasteiger partial charge in [-0.2, -0.15) is 0 Å². The molecule has 2 aromatic carbocycles. The van der Waals surface area contributed by atoms with Crippen molar-refractivity contribution in [3.05, 3.63) is 129 Å². The summed E-state index contributed by atoms with van der Waals surface area (Å²) in [6.07, 6.45) is 6.26. The fourth-order valence-electron chi connectivity index (χ4n) is 6.47. The van der Waals surface area contributed by atoms with Crippen LogP contribution in [0.15, 0.2) is 94.9 Å². The number of nitrogens with two attached hydrogens (primary N) is 1. The molecule has 0 aliphatic heterocycles. The third-order valence-electron chi connectivity index (χ3n) is 8.88. The fraction of sp³-hybridized carbons (Fsp3) is 0.229. The number of carbonyl (C=O) groups excluding carboxylic acids is 1. The Hall–Kier alpha value is -5.29. The van der Waals surface area contributed by atoms with E-state index in [2.05, 4.69) is 9.97 Å². The SMILES string of the molecule is NCc1ccc(-c2cccc(-n3c(=O)n(C4CCC(CC(=O)c5cn6cc(F)ccc6n5)CC4)c(=O)c4cc(F)cnc43)c2)cc1. The van der Waals surface area contributed by atoms with Gasteiger partial charge in [0.25, 0.3) is 5.56 Å². The van der Waals surface area contributed by atoms with Gasteiger partial charge in [-0.25, -0.2) is 28.1 Å². The Labute approximate surface area is 261 Å². The maximum Gasteiger partial charge on any atom is 0.337 e. The third kappa shape index (κ3) is 5.43. The number of aromatic nitrogens is 5. The summed E-state index contributed by atoms with van der Waals surface area (Å²) in [5, 5.41) is 0.0119. The largest absolute Gasteiger partial charge is 0.337 e. The maximum atomic E-state index is 14.4. The first-order valence-corrected chi connectivity index (χ1v) is 15.2. The van der Waals surface area contributed by atoms with Crippen LogP contribution in [0.4, 0.5) is 8.78 Å². The standard InChI is InChI=1S/C35H30F2N6O3/c36-25-10-13-32-40-30(20-41(32)19-25)31(44)14-21-6-11-27(12-7-21)43-34(45)29-16-26(37)18-39-33(29)42(35(43)46)28-3-1-2-24(15-28)23-8-4-22(17-38)5-9-23/h1-5,8-10,13,15-16,18-21,27H,6-7,11-12,14,17,38H2. The molecule has 1 fully saturated rings. The highest BCUT2D eigenvalue weighted by molar-refractivity contribution is 5.95. The first-order chi connectivity index (χ1) is 22.3. The van der Waals surface area contributed by atoms with Gasteiger partial charge >= 0.3 is 5.69 Å². The molecule has 0 amide bonds. The lowest BCUT2D eigenvalue weighted by molar-refractivity contribution is 0.0938. The van der Waals surface area contributed by atoms with E-state index in [0.29, 0.717) is 43.6 Å². The molecule has 0 radical (unpaired) electrons. The smallest absolute Gasteiger partial charge is 0.326 e. The summed E-state index contributed by atoms with van der Waals surface area (Å²) in [6, 6.07) is 18.6. The van der Waals surface area contributed by atoms with E-state index in [0.717, 1.165) is 29.0 Å². The molecule has 11 heteroatoms. The molecule has 0 bridgehead atoms. The van der Waals surface area contributed by atoms with Crippen molar-refractivity contribution in [3.8, 4) is 16.8 Å². The van der Waals surface area contributed by atoms with Gasteiger partial charge < -0.3 is 10.1 Å².